The van der Waals surface area contributed by atoms with Crippen molar-refractivity contribution in [1.82, 2.24) is 14.8 Å². The van der Waals surface area contributed by atoms with Gasteiger partial charge in [-0.25, -0.2) is 4.68 Å². The number of aromatic nitrogens is 3. The number of halogens is 3. The molecule has 3 aromatic rings. The Morgan fingerprint density at radius 2 is 1.93 bits per heavy atom. The Labute approximate surface area is 169 Å². The number of rotatable bonds is 6. The molecule has 0 unspecified atom stereocenters. The predicted octanol–water partition coefficient (Wildman–Crippen LogP) is 2.72. The van der Waals surface area contributed by atoms with E-state index < -0.39 is 6.36 Å². The van der Waals surface area contributed by atoms with Crippen LogP contribution in [-0.4, -0.2) is 27.3 Å². The average molecular weight is 416 g/mol. The Morgan fingerprint density at radius 3 is 2.57 bits per heavy atom. The number of hydrogen-bond acceptors (Lipinski definition) is 5. The van der Waals surface area contributed by atoms with Gasteiger partial charge in [-0.3, -0.25) is 15.1 Å². The third-order valence-corrected chi connectivity index (χ3v) is 3.92. The van der Waals surface area contributed by atoms with Gasteiger partial charge in [0.05, 0.1) is 5.69 Å². The Bertz CT molecular complexity index is 1140. The predicted molar refractivity (Wildman–Crippen MR) is 104 cm³/mol. The number of alkyl halides is 3. The van der Waals surface area contributed by atoms with E-state index >= 15 is 0 Å². The van der Waals surface area contributed by atoms with Crippen LogP contribution in [0.4, 0.5) is 18.9 Å². The van der Waals surface area contributed by atoms with Crippen molar-refractivity contribution >= 4 is 17.6 Å². The van der Waals surface area contributed by atoms with Crippen molar-refractivity contribution in [2.45, 2.75) is 13.3 Å². The molecule has 0 saturated heterocycles. The van der Waals surface area contributed by atoms with Crippen molar-refractivity contribution in [1.29, 1.82) is 5.41 Å². The summed E-state index contributed by atoms with van der Waals surface area (Å²) in [6.07, 6.45) is 0.734. The molecule has 0 spiro atoms. The number of quaternary nitrogens is 1. The highest BCUT2D eigenvalue weighted by Gasteiger charge is 2.31. The van der Waals surface area contributed by atoms with Crippen LogP contribution in [0.1, 0.15) is 11.4 Å². The van der Waals surface area contributed by atoms with E-state index in [2.05, 4.69) is 14.8 Å². The highest BCUT2D eigenvalue weighted by atomic mass is 19.4. The van der Waals surface area contributed by atoms with E-state index in [0.29, 0.717) is 11.4 Å². The van der Waals surface area contributed by atoms with Crippen LogP contribution in [-0.2, 0) is 0 Å². The van der Waals surface area contributed by atoms with Gasteiger partial charge < -0.3 is 10.1 Å². The van der Waals surface area contributed by atoms with Gasteiger partial charge in [-0.1, -0.05) is 0 Å². The molecule has 0 fully saturated rings. The molecule has 0 amide bonds. The molecule has 3 rings (SSSR count). The zero-order valence-corrected chi connectivity index (χ0v) is 15.7. The summed E-state index contributed by atoms with van der Waals surface area (Å²) in [5.74, 6) is -0.363. The normalized spacial score (nSPS) is 11.9. The summed E-state index contributed by atoms with van der Waals surface area (Å²) in [6, 6.07) is 9.96. The Balaban J connectivity index is 1.94. The number of nitrogens with two attached hydrogens (primary N) is 1. The maximum atomic E-state index is 12.4. The molecule has 7 nitrogen and oxygen atoms in total. The fraction of sp³-hybridized carbons (Fsp3) is 0.100. The first-order valence-electron chi connectivity index (χ1n) is 8.70. The highest BCUT2D eigenvalue weighted by Crippen LogP contribution is 2.23. The molecule has 10 heteroatoms. The van der Waals surface area contributed by atoms with Crippen LogP contribution in [0.25, 0.3) is 11.4 Å². The largest absolute Gasteiger partial charge is 0.573 e. The molecule has 0 aliphatic heterocycles. The number of benzene rings is 1. The minimum Gasteiger partial charge on any atom is -0.406 e. The standard InChI is InChI=1S/C20H16F3N5O2/c1-13-12-14(7-10-25-13)26-17(6-9-24)19-18(29)8-11-28(27-19)15-2-4-16(5-3-15)30-20(21,22)23/h2-12,24H,1H3,(H,25,26)/p+1. The van der Waals surface area contributed by atoms with Gasteiger partial charge in [0.1, 0.15) is 11.4 Å². The Morgan fingerprint density at radius 1 is 1.20 bits per heavy atom. The van der Waals surface area contributed by atoms with Gasteiger partial charge in [-0.05, 0) is 31.2 Å². The van der Waals surface area contributed by atoms with Crippen molar-refractivity contribution in [2.75, 3.05) is 0 Å². The molecule has 0 atom stereocenters. The number of nitrogens with zero attached hydrogens (tertiary/aromatic N) is 3. The molecule has 0 aliphatic rings. The lowest BCUT2D eigenvalue weighted by Crippen LogP contribution is -2.75. The number of pyridine rings is 1. The zero-order valence-electron chi connectivity index (χ0n) is 15.7. The van der Waals surface area contributed by atoms with Gasteiger partial charge in [-0.15, -0.1) is 13.2 Å². The minimum absolute atomic E-state index is 0.0890. The molecule has 154 valence electrons. The third-order valence-electron chi connectivity index (χ3n) is 3.92. The second-order valence-electron chi connectivity index (χ2n) is 6.18. The Kier molecular flexibility index (Phi) is 6.07. The number of hydrogen-bond donors (Lipinski definition) is 2. The number of nitrogens with one attached hydrogen (secondary N) is 1. The van der Waals surface area contributed by atoms with E-state index in [0.717, 1.165) is 29.7 Å². The van der Waals surface area contributed by atoms with Crippen molar-refractivity contribution in [3.05, 3.63) is 82.5 Å². The molecule has 0 bridgehead atoms. The first-order valence-corrected chi connectivity index (χ1v) is 8.70. The Hall–Kier alpha value is -3.79. The second-order valence-corrected chi connectivity index (χ2v) is 6.18. The summed E-state index contributed by atoms with van der Waals surface area (Å²) in [6.45, 7) is 1.83. The van der Waals surface area contributed by atoms with Crippen molar-refractivity contribution in [3.8, 4) is 11.4 Å². The van der Waals surface area contributed by atoms with Gasteiger partial charge in [0.2, 0.25) is 5.43 Å². The summed E-state index contributed by atoms with van der Waals surface area (Å²) >= 11 is 0. The van der Waals surface area contributed by atoms with Crippen LogP contribution >= 0.6 is 0 Å². The van der Waals surface area contributed by atoms with E-state index in [1.807, 2.05) is 13.0 Å². The SMILES string of the molecule is Cc1cc([NH2+]C(=CC=N)c2nn(-c3ccc(OC(F)(F)F)cc3)ccc2=O)ccn1. The van der Waals surface area contributed by atoms with Crippen LogP contribution in [0.5, 0.6) is 5.75 Å². The molecule has 3 N–H and O–H groups in total. The fourth-order valence-electron chi connectivity index (χ4n) is 2.67. The highest BCUT2D eigenvalue weighted by molar-refractivity contribution is 5.78. The molecular formula is C20H17F3N5O2+. The lowest BCUT2D eigenvalue weighted by atomic mass is 10.2. The maximum absolute atomic E-state index is 12.4. The molecule has 0 radical (unpaired) electrons. The summed E-state index contributed by atoms with van der Waals surface area (Å²) in [5.41, 5.74) is 2.13. The summed E-state index contributed by atoms with van der Waals surface area (Å²) in [7, 11) is 0. The maximum Gasteiger partial charge on any atom is 0.573 e. The van der Waals surface area contributed by atoms with Gasteiger partial charge in [0.15, 0.2) is 11.4 Å². The first-order chi connectivity index (χ1) is 14.2. The molecule has 1 aromatic carbocycles. The molecule has 2 aromatic heterocycles. The molecule has 0 aliphatic carbocycles. The van der Waals surface area contributed by atoms with Crippen LogP contribution in [0.15, 0.2) is 65.7 Å². The van der Waals surface area contributed by atoms with E-state index in [1.54, 1.807) is 17.6 Å². The van der Waals surface area contributed by atoms with E-state index in [1.165, 1.54) is 35.2 Å². The zero-order chi connectivity index (χ0) is 21.7. The summed E-state index contributed by atoms with van der Waals surface area (Å²) in [5, 5.41) is 13.4. The van der Waals surface area contributed by atoms with Gasteiger partial charge >= 0.3 is 6.36 Å². The fourth-order valence-corrected chi connectivity index (χ4v) is 2.67. The van der Waals surface area contributed by atoms with Crippen LogP contribution in [0, 0.1) is 12.3 Å². The van der Waals surface area contributed by atoms with Crippen molar-refractivity contribution in [2.24, 2.45) is 0 Å². The summed E-state index contributed by atoms with van der Waals surface area (Å²) in [4.78, 5) is 16.5. The smallest absolute Gasteiger partial charge is 0.406 e. The number of aryl methyl sites for hydroxylation is 1. The third kappa shape index (κ3) is 5.39. The second kappa shape index (κ2) is 8.70. The minimum atomic E-state index is -4.78. The average Bonchev–Trinajstić information content (AvgIpc) is 2.68. The van der Waals surface area contributed by atoms with Gasteiger partial charge in [0, 0.05) is 48.6 Å². The monoisotopic (exact) mass is 416 g/mol. The first kappa shape index (κ1) is 20.9. The lowest BCUT2D eigenvalue weighted by molar-refractivity contribution is -0.469. The van der Waals surface area contributed by atoms with E-state index in [-0.39, 0.29) is 16.9 Å². The van der Waals surface area contributed by atoms with Crippen LogP contribution < -0.4 is 15.5 Å². The van der Waals surface area contributed by atoms with Gasteiger partial charge in [0.25, 0.3) is 0 Å². The quantitative estimate of drug-likeness (QED) is 0.604. The number of allylic oxidation sites excluding steroid dienone is 1. The molecule has 0 saturated carbocycles. The lowest BCUT2D eigenvalue weighted by Gasteiger charge is -2.11. The molecular weight excluding hydrogens is 399 g/mol. The van der Waals surface area contributed by atoms with Crippen LogP contribution in [0.3, 0.4) is 0 Å². The van der Waals surface area contributed by atoms with E-state index in [4.69, 9.17) is 5.41 Å². The van der Waals surface area contributed by atoms with Crippen LogP contribution in [0.2, 0.25) is 0 Å². The van der Waals surface area contributed by atoms with Crippen molar-refractivity contribution in [3.63, 3.8) is 0 Å². The number of ether oxygens (including phenoxy) is 1. The van der Waals surface area contributed by atoms with E-state index in [9.17, 15) is 18.0 Å². The summed E-state index contributed by atoms with van der Waals surface area (Å²) < 4.78 is 42.2. The van der Waals surface area contributed by atoms with Crippen molar-refractivity contribution < 1.29 is 23.2 Å². The molecule has 2 heterocycles. The topological polar surface area (TPSA) is 97.5 Å². The van der Waals surface area contributed by atoms with Gasteiger partial charge in [-0.2, -0.15) is 5.10 Å². The molecule has 30 heavy (non-hydrogen) atoms.